The highest BCUT2D eigenvalue weighted by atomic mass is 16.5. The smallest absolute Gasteiger partial charge is 0.193 e. The number of morpholine rings is 1. The van der Waals surface area contributed by atoms with Crippen LogP contribution in [0.2, 0.25) is 0 Å². The van der Waals surface area contributed by atoms with Crippen LogP contribution in [0.15, 0.2) is 29.3 Å². The molecular weight excluding hydrogens is 314 g/mol. The number of nitrogens with zero attached hydrogens (tertiary/aromatic N) is 2. The van der Waals surface area contributed by atoms with Crippen molar-refractivity contribution in [3.05, 3.63) is 35.4 Å². The van der Waals surface area contributed by atoms with Crippen LogP contribution >= 0.6 is 0 Å². The average molecular weight is 345 g/mol. The lowest BCUT2D eigenvalue weighted by Gasteiger charge is -2.35. The molecule has 1 unspecified atom stereocenters. The number of hydrogen-bond donors (Lipinski definition) is 1. The first kappa shape index (κ1) is 18.2. The summed E-state index contributed by atoms with van der Waals surface area (Å²) >= 11 is 0. The van der Waals surface area contributed by atoms with Gasteiger partial charge in [-0.25, -0.2) is 0 Å². The van der Waals surface area contributed by atoms with Crippen molar-refractivity contribution in [2.24, 2.45) is 10.9 Å². The summed E-state index contributed by atoms with van der Waals surface area (Å²) in [6.07, 6.45) is 3.82. The van der Waals surface area contributed by atoms with E-state index in [1.54, 1.807) is 0 Å². The van der Waals surface area contributed by atoms with Gasteiger partial charge in [0.05, 0.1) is 13.2 Å². The van der Waals surface area contributed by atoms with Gasteiger partial charge in [-0.3, -0.25) is 4.99 Å². The first-order valence-electron chi connectivity index (χ1n) is 9.48. The van der Waals surface area contributed by atoms with Crippen LogP contribution in [0, 0.1) is 12.8 Å². The molecule has 2 fully saturated rings. The van der Waals surface area contributed by atoms with Gasteiger partial charge < -0.3 is 19.7 Å². The van der Waals surface area contributed by atoms with Gasteiger partial charge in [0.2, 0.25) is 0 Å². The molecule has 1 aromatic carbocycles. The molecule has 1 saturated carbocycles. The Hall–Kier alpha value is -1.59. The number of aryl methyl sites for hydroxylation is 1. The van der Waals surface area contributed by atoms with E-state index in [4.69, 9.17) is 9.47 Å². The molecule has 1 aromatic rings. The maximum absolute atomic E-state index is 6.01. The summed E-state index contributed by atoms with van der Waals surface area (Å²) in [6, 6.07) is 8.47. The molecule has 1 aliphatic carbocycles. The predicted molar refractivity (Wildman–Crippen MR) is 101 cm³/mol. The van der Waals surface area contributed by atoms with Crippen LogP contribution in [0.1, 0.15) is 36.5 Å². The van der Waals surface area contributed by atoms with Gasteiger partial charge in [-0.05, 0) is 43.2 Å². The lowest BCUT2D eigenvalue weighted by Crippen LogP contribution is -2.48. The van der Waals surface area contributed by atoms with Gasteiger partial charge in [-0.15, -0.1) is 0 Å². The third-order valence-electron chi connectivity index (χ3n) is 4.91. The minimum Gasteiger partial charge on any atom is -0.381 e. The van der Waals surface area contributed by atoms with Crippen LogP contribution in [0.25, 0.3) is 0 Å². The van der Waals surface area contributed by atoms with Crippen molar-refractivity contribution in [3.8, 4) is 0 Å². The molecule has 1 atom stereocenters. The molecule has 2 aliphatic rings. The van der Waals surface area contributed by atoms with Gasteiger partial charge in [-0.1, -0.05) is 24.3 Å². The van der Waals surface area contributed by atoms with E-state index < -0.39 is 0 Å². The minimum atomic E-state index is 0.107. The number of hydrogen-bond acceptors (Lipinski definition) is 3. The van der Waals surface area contributed by atoms with Crippen molar-refractivity contribution < 1.29 is 9.47 Å². The minimum absolute atomic E-state index is 0.107. The average Bonchev–Trinajstić information content (AvgIpc) is 3.46. The van der Waals surface area contributed by atoms with E-state index in [9.17, 15) is 0 Å². The largest absolute Gasteiger partial charge is 0.381 e. The fraction of sp³-hybridized carbons (Fsp3) is 0.650. The quantitative estimate of drug-likeness (QED) is 0.469. The van der Waals surface area contributed by atoms with Crippen molar-refractivity contribution in [2.45, 2.75) is 32.3 Å². The van der Waals surface area contributed by atoms with Gasteiger partial charge >= 0.3 is 0 Å². The molecule has 1 saturated heterocycles. The standard InChI is InChI=1S/C20H31N3O2/c1-16-6-3-4-7-18(16)19-14-23(11-13-25-19)20(21-2)22-10-5-12-24-15-17-8-9-17/h3-4,6-7,17,19H,5,8-15H2,1-2H3,(H,21,22). The molecule has 1 N–H and O–H groups in total. The van der Waals surface area contributed by atoms with E-state index in [1.165, 1.54) is 24.0 Å². The van der Waals surface area contributed by atoms with Gasteiger partial charge in [0.15, 0.2) is 5.96 Å². The van der Waals surface area contributed by atoms with Crippen LogP contribution in [-0.2, 0) is 9.47 Å². The van der Waals surface area contributed by atoms with E-state index in [2.05, 4.69) is 46.4 Å². The molecule has 0 spiro atoms. The summed E-state index contributed by atoms with van der Waals surface area (Å²) in [7, 11) is 1.85. The van der Waals surface area contributed by atoms with Gasteiger partial charge in [-0.2, -0.15) is 0 Å². The Balaban J connectivity index is 1.44. The van der Waals surface area contributed by atoms with Gasteiger partial charge in [0.1, 0.15) is 6.10 Å². The zero-order chi connectivity index (χ0) is 17.5. The lowest BCUT2D eigenvalue weighted by atomic mass is 10.0. The summed E-state index contributed by atoms with van der Waals surface area (Å²) in [6.45, 7) is 7.24. The van der Waals surface area contributed by atoms with Crippen LogP contribution in [0.4, 0.5) is 0 Å². The number of guanidine groups is 1. The third-order valence-corrected chi connectivity index (χ3v) is 4.91. The number of aliphatic imine (C=N–C) groups is 1. The van der Waals surface area contributed by atoms with Gasteiger partial charge in [0.25, 0.3) is 0 Å². The van der Waals surface area contributed by atoms with Crippen LogP contribution in [0.3, 0.4) is 0 Å². The van der Waals surface area contributed by atoms with E-state index in [-0.39, 0.29) is 6.10 Å². The predicted octanol–water partition coefficient (Wildman–Crippen LogP) is 2.76. The third kappa shape index (κ3) is 5.44. The molecule has 0 bridgehead atoms. The Bertz CT molecular complexity index is 572. The number of nitrogens with one attached hydrogen (secondary N) is 1. The van der Waals surface area contributed by atoms with Crippen molar-refractivity contribution in [1.29, 1.82) is 0 Å². The van der Waals surface area contributed by atoms with Crippen LogP contribution < -0.4 is 5.32 Å². The van der Waals surface area contributed by atoms with E-state index >= 15 is 0 Å². The Morgan fingerprint density at radius 2 is 2.20 bits per heavy atom. The molecule has 5 nitrogen and oxygen atoms in total. The second kappa shape index (κ2) is 9.20. The number of rotatable bonds is 7. The van der Waals surface area contributed by atoms with Crippen LogP contribution in [0.5, 0.6) is 0 Å². The number of ether oxygens (including phenoxy) is 2. The molecule has 0 radical (unpaired) electrons. The molecule has 1 heterocycles. The molecular formula is C20H31N3O2. The van der Waals surface area contributed by atoms with Crippen LogP contribution in [-0.4, -0.2) is 57.4 Å². The van der Waals surface area contributed by atoms with Crippen molar-refractivity contribution >= 4 is 5.96 Å². The topological polar surface area (TPSA) is 46.1 Å². The Morgan fingerprint density at radius 1 is 1.36 bits per heavy atom. The normalized spacial score (nSPS) is 21.4. The van der Waals surface area contributed by atoms with E-state index in [0.717, 1.165) is 57.8 Å². The zero-order valence-electron chi connectivity index (χ0n) is 15.5. The maximum Gasteiger partial charge on any atom is 0.193 e. The zero-order valence-corrected chi connectivity index (χ0v) is 15.5. The lowest BCUT2D eigenvalue weighted by molar-refractivity contribution is -0.00834. The molecule has 138 valence electrons. The summed E-state index contributed by atoms with van der Waals surface area (Å²) in [4.78, 5) is 6.75. The van der Waals surface area contributed by atoms with E-state index in [1.807, 2.05) is 7.05 Å². The molecule has 25 heavy (non-hydrogen) atoms. The monoisotopic (exact) mass is 345 g/mol. The molecule has 0 amide bonds. The second-order valence-corrected chi connectivity index (χ2v) is 7.01. The Labute approximate surface area is 151 Å². The van der Waals surface area contributed by atoms with Gasteiger partial charge in [0, 0.05) is 33.4 Å². The summed E-state index contributed by atoms with van der Waals surface area (Å²) in [5.74, 6) is 1.80. The Morgan fingerprint density at radius 3 is 2.96 bits per heavy atom. The fourth-order valence-electron chi connectivity index (χ4n) is 3.22. The molecule has 0 aromatic heterocycles. The molecule has 1 aliphatic heterocycles. The first-order valence-corrected chi connectivity index (χ1v) is 9.48. The molecule has 5 heteroatoms. The van der Waals surface area contributed by atoms with Crippen molar-refractivity contribution in [2.75, 3.05) is 46.5 Å². The second-order valence-electron chi connectivity index (χ2n) is 7.01. The maximum atomic E-state index is 6.01. The van der Waals surface area contributed by atoms with Crippen molar-refractivity contribution in [3.63, 3.8) is 0 Å². The summed E-state index contributed by atoms with van der Waals surface area (Å²) in [5.41, 5.74) is 2.56. The summed E-state index contributed by atoms with van der Waals surface area (Å²) in [5, 5.41) is 3.47. The number of benzene rings is 1. The van der Waals surface area contributed by atoms with Crippen molar-refractivity contribution in [1.82, 2.24) is 10.2 Å². The first-order chi connectivity index (χ1) is 12.3. The highest BCUT2D eigenvalue weighted by molar-refractivity contribution is 5.80. The molecule has 3 rings (SSSR count). The highest BCUT2D eigenvalue weighted by Gasteiger charge is 2.25. The Kier molecular flexibility index (Phi) is 6.70. The SMILES string of the molecule is CN=C(NCCCOCC1CC1)N1CCOC(c2ccccc2C)C1. The fourth-order valence-corrected chi connectivity index (χ4v) is 3.22. The summed E-state index contributed by atoms with van der Waals surface area (Å²) < 4.78 is 11.7. The van der Waals surface area contributed by atoms with E-state index in [0.29, 0.717) is 0 Å². The highest BCUT2D eigenvalue weighted by Crippen LogP contribution is 2.28.